The van der Waals surface area contributed by atoms with E-state index in [2.05, 4.69) is 6.92 Å². The van der Waals surface area contributed by atoms with E-state index in [0.717, 1.165) is 19.6 Å². The van der Waals surface area contributed by atoms with Crippen LogP contribution < -0.4 is 0 Å². The molecule has 0 aromatic carbocycles. The Kier molecular flexibility index (Phi) is 9.92. The SMILES string of the molecule is [CH2]CCCCCCCOCC. The van der Waals surface area contributed by atoms with Crippen LogP contribution in [0.25, 0.3) is 0 Å². The minimum Gasteiger partial charge on any atom is -0.382 e. The van der Waals surface area contributed by atoms with Crippen molar-refractivity contribution < 1.29 is 4.74 Å². The fourth-order valence-corrected chi connectivity index (χ4v) is 1.06. The van der Waals surface area contributed by atoms with Gasteiger partial charge in [-0.3, -0.25) is 0 Å². The summed E-state index contributed by atoms with van der Waals surface area (Å²) >= 11 is 0. The first kappa shape index (κ1) is 11.0. The number of ether oxygens (including phenoxy) is 1. The molecule has 0 aliphatic heterocycles. The zero-order chi connectivity index (χ0) is 8.36. The molecular weight excluding hydrogens is 136 g/mol. The summed E-state index contributed by atoms with van der Waals surface area (Å²) in [7, 11) is 0. The third-order valence-electron chi connectivity index (χ3n) is 1.74. The van der Waals surface area contributed by atoms with Crippen molar-refractivity contribution >= 4 is 0 Å². The van der Waals surface area contributed by atoms with Crippen LogP contribution in [-0.2, 0) is 4.74 Å². The van der Waals surface area contributed by atoms with Gasteiger partial charge in [0.25, 0.3) is 0 Å². The van der Waals surface area contributed by atoms with Gasteiger partial charge in [0.05, 0.1) is 0 Å². The van der Waals surface area contributed by atoms with E-state index in [-0.39, 0.29) is 0 Å². The quantitative estimate of drug-likeness (QED) is 0.492. The smallest absolute Gasteiger partial charge is 0.0465 e. The molecule has 0 spiro atoms. The lowest BCUT2D eigenvalue weighted by Crippen LogP contribution is -1.92. The number of hydrogen-bond donors (Lipinski definition) is 0. The second-order valence-electron chi connectivity index (χ2n) is 2.82. The predicted molar refractivity (Wildman–Crippen MR) is 49.6 cm³/mol. The Bertz CT molecular complexity index is 53.9. The summed E-state index contributed by atoms with van der Waals surface area (Å²) in [4.78, 5) is 0. The van der Waals surface area contributed by atoms with Gasteiger partial charge in [0.15, 0.2) is 0 Å². The maximum absolute atomic E-state index is 5.23. The molecular formula is C10H21O. The Morgan fingerprint density at radius 3 is 2.27 bits per heavy atom. The molecule has 1 nitrogen and oxygen atoms in total. The lowest BCUT2D eigenvalue weighted by molar-refractivity contribution is 0.143. The van der Waals surface area contributed by atoms with Gasteiger partial charge in [-0.15, -0.1) is 0 Å². The van der Waals surface area contributed by atoms with Gasteiger partial charge in [-0.05, 0) is 13.3 Å². The zero-order valence-corrected chi connectivity index (χ0v) is 7.77. The third kappa shape index (κ3) is 9.96. The Morgan fingerprint density at radius 2 is 1.64 bits per heavy atom. The van der Waals surface area contributed by atoms with E-state index < -0.39 is 0 Å². The molecule has 0 atom stereocenters. The summed E-state index contributed by atoms with van der Waals surface area (Å²) in [6, 6.07) is 0. The standard InChI is InChI=1S/C10H21O/c1-3-5-6-7-8-9-10-11-4-2/h1,3-10H2,2H3. The van der Waals surface area contributed by atoms with Gasteiger partial charge in [-0.1, -0.05) is 39.0 Å². The lowest BCUT2D eigenvalue weighted by atomic mass is 10.1. The van der Waals surface area contributed by atoms with Crippen LogP contribution in [0.3, 0.4) is 0 Å². The largest absolute Gasteiger partial charge is 0.382 e. The highest BCUT2D eigenvalue weighted by Gasteiger charge is 1.88. The van der Waals surface area contributed by atoms with Gasteiger partial charge in [0.2, 0.25) is 0 Å². The number of hydrogen-bond acceptors (Lipinski definition) is 1. The van der Waals surface area contributed by atoms with Crippen molar-refractivity contribution in [2.24, 2.45) is 0 Å². The highest BCUT2D eigenvalue weighted by atomic mass is 16.5. The number of rotatable bonds is 8. The molecule has 11 heavy (non-hydrogen) atoms. The summed E-state index contributed by atoms with van der Waals surface area (Å²) in [6.07, 6.45) is 7.61. The van der Waals surface area contributed by atoms with E-state index in [9.17, 15) is 0 Å². The summed E-state index contributed by atoms with van der Waals surface area (Å²) in [5.41, 5.74) is 0. The molecule has 1 radical (unpaired) electrons. The first-order chi connectivity index (χ1) is 5.41. The zero-order valence-electron chi connectivity index (χ0n) is 7.77. The van der Waals surface area contributed by atoms with E-state index in [1.165, 1.54) is 32.1 Å². The first-order valence-electron chi connectivity index (χ1n) is 4.78. The summed E-state index contributed by atoms with van der Waals surface area (Å²) in [5, 5.41) is 0. The van der Waals surface area contributed by atoms with Gasteiger partial charge in [0, 0.05) is 13.2 Å². The van der Waals surface area contributed by atoms with Crippen LogP contribution in [0, 0.1) is 6.92 Å². The van der Waals surface area contributed by atoms with Crippen molar-refractivity contribution in [2.75, 3.05) is 13.2 Å². The Balaban J connectivity index is 2.69. The van der Waals surface area contributed by atoms with Crippen molar-refractivity contribution in [2.45, 2.75) is 45.4 Å². The van der Waals surface area contributed by atoms with E-state index in [1.807, 2.05) is 6.92 Å². The minimum absolute atomic E-state index is 0.860. The van der Waals surface area contributed by atoms with Gasteiger partial charge >= 0.3 is 0 Å². The summed E-state index contributed by atoms with van der Waals surface area (Å²) in [5.74, 6) is 0. The first-order valence-corrected chi connectivity index (χ1v) is 4.78. The van der Waals surface area contributed by atoms with Crippen LogP contribution >= 0.6 is 0 Å². The fraction of sp³-hybridized carbons (Fsp3) is 0.900. The van der Waals surface area contributed by atoms with Gasteiger partial charge in [-0.25, -0.2) is 0 Å². The van der Waals surface area contributed by atoms with Crippen molar-refractivity contribution in [3.8, 4) is 0 Å². The molecule has 0 amide bonds. The van der Waals surface area contributed by atoms with Crippen LogP contribution in [0.5, 0.6) is 0 Å². The monoisotopic (exact) mass is 157 g/mol. The Labute approximate surface area is 71.1 Å². The topological polar surface area (TPSA) is 9.23 Å². The van der Waals surface area contributed by atoms with Crippen LogP contribution in [0.1, 0.15) is 45.4 Å². The molecule has 0 fully saturated rings. The van der Waals surface area contributed by atoms with Crippen molar-refractivity contribution in [1.29, 1.82) is 0 Å². The van der Waals surface area contributed by atoms with Gasteiger partial charge in [0.1, 0.15) is 0 Å². The van der Waals surface area contributed by atoms with E-state index >= 15 is 0 Å². The molecule has 67 valence electrons. The molecule has 0 saturated carbocycles. The van der Waals surface area contributed by atoms with Gasteiger partial charge < -0.3 is 4.74 Å². The normalized spacial score (nSPS) is 10.4. The highest BCUT2D eigenvalue weighted by Crippen LogP contribution is 2.04. The molecule has 0 rings (SSSR count). The molecule has 0 aromatic heterocycles. The molecule has 0 aliphatic rings. The average Bonchev–Trinajstić information content (AvgIpc) is 2.03. The van der Waals surface area contributed by atoms with Crippen LogP contribution in [-0.4, -0.2) is 13.2 Å². The van der Waals surface area contributed by atoms with E-state index in [4.69, 9.17) is 4.74 Å². The van der Waals surface area contributed by atoms with Crippen molar-refractivity contribution in [3.05, 3.63) is 6.92 Å². The summed E-state index contributed by atoms with van der Waals surface area (Å²) in [6.45, 7) is 7.66. The second kappa shape index (κ2) is 9.96. The van der Waals surface area contributed by atoms with Crippen LogP contribution in [0.4, 0.5) is 0 Å². The minimum atomic E-state index is 0.860. The fourth-order valence-electron chi connectivity index (χ4n) is 1.06. The molecule has 1 heteroatoms. The Hall–Kier alpha value is -0.0400. The van der Waals surface area contributed by atoms with E-state index in [1.54, 1.807) is 0 Å². The van der Waals surface area contributed by atoms with Crippen molar-refractivity contribution in [3.63, 3.8) is 0 Å². The lowest BCUT2D eigenvalue weighted by Gasteiger charge is -2.00. The molecule has 0 heterocycles. The van der Waals surface area contributed by atoms with Crippen molar-refractivity contribution in [1.82, 2.24) is 0 Å². The molecule has 0 saturated heterocycles. The van der Waals surface area contributed by atoms with E-state index in [0.29, 0.717) is 0 Å². The van der Waals surface area contributed by atoms with Crippen LogP contribution in [0.15, 0.2) is 0 Å². The third-order valence-corrected chi connectivity index (χ3v) is 1.74. The molecule has 0 N–H and O–H groups in total. The maximum Gasteiger partial charge on any atom is 0.0465 e. The van der Waals surface area contributed by atoms with Gasteiger partial charge in [-0.2, -0.15) is 0 Å². The predicted octanol–water partition coefficient (Wildman–Crippen LogP) is 3.20. The molecule has 0 aliphatic carbocycles. The average molecular weight is 157 g/mol. The summed E-state index contributed by atoms with van der Waals surface area (Å²) < 4.78 is 5.23. The second-order valence-corrected chi connectivity index (χ2v) is 2.82. The molecule has 0 bridgehead atoms. The maximum atomic E-state index is 5.23. The number of unbranched alkanes of at least 4 members (excludes halogenated alkanes) is 5. The highest BCUT2D eigenvalue weighted by molar-refractivity contribution is 4.45. The van der Waals surface area contributed by atoms with Crippen LogP contribution in [0.2, 0.25) is 0 Å². The molecule has 0 aromatic rings. The molecule has 0 unspecified atom stereocenters. The Morgan fingerprint density at radius 1 is 1.00 bits per heavy atom.